The summed E-state index contributed by atoms with van der Waals surface area (Å²) in [5.41, 5.74) is 1.20. The Morgan fingerprint density at radius 1 is 1.33 bits per heavy atom. The van der Waals surface area contributed by atoms with Crippen molar-refractivity contribution in [2.75, 3.05) is 6.61 Å². The summed E-state index contributed by atoms with van der Waals surface area (Å²) >= 11 is 1.79. The Balaban J connectivity index is 1.61. The molecule has 2 aromatic rings. The molecule has 0 saturated carbocycles. The maximum Gasteiger partial charge on any atom is 0.108 e. The van der Waals surface area contributed by atoms with Gasteiger partial charge < -0.3 is 10.1 Å². The number of nitrogens with one attached hydrogen (secondary N) is 1. The van der Waals surface area contributed by atoms with E-state index >= 15 is 0 Å². The summed E-state index contributed by atoms with van der Waals surface area (Å²) in [5.74, 6) is 0. The zero-order valence-corrected chi connectivity index (χ0v) is 13.7. The second-order valence-corrected chi connectivity index (χ2v) is 7.00. The van der Waals surface area contributed by atoms with Gasteiger partial charge in [0.2, 0.25) is 0 Å². The summed E-state index contributed by atoms with van der Waals surface area (Å²) in [6.07, 6.45) is 4.42. The Labute approximate surface area is 130 Å². The van der Waals surface area contributed by atoms with Crippen molar-refractivity contribution in [3.8, 4) is 0 Å². The standard InChI is InChI=1S/C17H24N2OS/c1-3-17(4-2)11-13(9-10-20-17)18-12-16-19-14-7-5-6-8-15(14)21-16/h5-8,13,18H,3-4,9-12H2,1-2H3. The maximum atomic E-state index is 6.04. The molecule has 4 heteroatoms. The molecule has 0 aliphatic carbocycles. The minimum Gasteiger partial charge on any atom is -0.375 e. The van der Waals surface area contributed by atoms with Crippen molar-refractivity contribution in [2.24, 2.45) is 0 Å². The van der Waals surface area contributed by atoms with Gasteiger partial charge in [0, 0.05) is 19.2 Å². The van der Waals surface area contributed by atoms with Crippen LogP contribution >= 0.6 is 11.3 Å². The predicted molar refractivity (Wildman–Crippen MR) is 88.7 cm³/mol. The van der Waals surface area contributed by atoms with E-state index in [0.717, 1.165) is 44.4 Å². The van der Waals surface area contributed by atoms with Gasteiger partial charge >= 0.3 is 0 Å². The average molecular weight is 304 g/mol. The van der Waals surface area contributed by atoms with E-state index in [2.05, 4.69) is 43.4 Å². The van der Waals surface area contributed by atoms with Crippen molar-refractivity contribution in [1.29, 1.82) is 0 Å². The van der Waals surface area contributed by atoms with E-state index < -0.39 is 0 Å². The van der Waals surface area contributed by atoms with Crippen molar-refractivity contribution in [3.63, 3.8) is 0 Å². The van der Waals surface area contributed by atoms with Gasteiger partial charge in [-0.05, 0) is 37.8 Å². The third kappa shape index (κ3) is 3.28. The number of rotatable bonds is 5. The molecule has 2 heterocycles. The van der Waals surface area contributed by atoms with Crippen molar-refractivity contribution < 1.29 is 4.74 Å². The summed E-state index contributed by atoms with van der Waals surface area (Å²) in [5, 5.41) is 4.87. The van der Waals surface area contributed by atoms with Gasteiger partial charge in [-0.25, -0.2) is 4.98 Å². The second-order valence-electron chi connectivity index (χ2n) is 5.88. The number of hydrogen-bond donors (Lipinski definition) is 1. The molecule has 1 atom stereocenters. The van der Waals surface area contributed by atoms with Crippen LogP contribution in [0.15, 0.2) is 24.3 Å². The minimum atomic E-state index is 0.0868. The quantitative estimate of drug-likeness (QED) is 0.902. The highest BCUT2D eigenvalue weighted by Gasteiger charge is 2.34. The first-order valence-corrected chi connectivity index (χ1v) is 8.78. The molecular formula is C17H24N2OS. The fraction of sp³-hybridized carbons (Fsp3) is 0.588. The highest BCUT2D eigenvalue weighted by molar-refractivity contribution is 7.18. The Morgan fingerprint density at radius 3 is 2.90 bits per heavy atom. The lowest BCUT2D eigenvalue weighted by molar-refractivity contribution is -0.0932. The van der Waals surface area contributed by atoms with E-state index in [1.54, 1.807) is 11.3 Å². The summed E-state index contributed by atoms with van der Waals surface area (Å²) in [4.78, 5) is 4.70. The van der Waals surface area contributed by atoms with E-state index in [1.165, 1.54) is 9.71 Å². The number of ether oxygens (including phenoxy) is 1. The molecule has 0 spiro atoms. The van der Waals surface area contributed by atoms with E-state index in [1.807, 2.05) is 0 Å². The molecule has 21 heavy (non-hydrogen) atoms. The molecule has 3 rings (SSSR count). The average Bonchev–Trinajstić information content (AvgIpc) is 2.96. The highest BCUT2D eigenvalue weighted by Crippen LogP contribution is 2.31. The van der Waals surface area contributed by atoms with Crippen LogP contribution in [0.25, 0.3) is 10.2 Å². The summed E-state index contributed by atoms with van der Waals surface area (Å²) in [7, 11) is 0. The number of thiazole rings is 1. The Kier molecular flexibility index (Phi) is 4.57. The van der Waals surface area contributed by atoms with Crippen molar-refractivity contribution in [3.05, 3.63) is 29.3 Å². The lowest BCUT2D eigenvalue weighted by Gasteiger charge is -2.40. The van der Waals surface area contributed by atoms with Crippen LogP contribution in [-0.4, -0.2) is 23.2 Å². The third-order valence-electron chi connectivity index (χ3n) is 4.66. The summed E-state index contributed by atoms with van der Waals surface area (Å²) in [6, 6.07) is 8.90. The van der Waals surface area contributed by atoms with Gasteiger partial charge in [-0.15, -0.1) is 11.3 Å². The number of para-hydroxylation sites is 1. The maximum absolute atomic E-state index is 6.04. The number of aromatic nitrogens is 1. The van der Waals surface area contributed by atoms with Crippen LogP contribution in [-0.2, 0) is 11.3 Å². The van der Waals surface area contributed by atoms with Crippen molar-refractivity contribution in [1.82, 2.24) is 10.3 Å². The molecule has 1 fully saturated rings. The topological polar surface area (TPSA) is 34.2 Å². The van der Waals surface area contributed by atoms with E-state index in [0.29, 0.717) is 6.04 Å². The Hall–Kier alpha value is -0.970. The predicted octanol–water partition coefficient (Wildman–Crippen LogP) is 4.12. The molecule has 0 amide bonds. The lowest BCUT2D eigenvalue weighted by Crippen LogP contribution is -2.46. The molecule has 3 nitrogen and oxygen atoms in total. The molecule has 0 bridgehead atoms. The van der Waals surface area contributed by atoms with Gasteiger partial charge in [-0.2, -0.15) is 0 Å². The second kappa shape index (κ2) is 6.42. The van der Waals surface area contributed by atoms with Crippen molar-refractivity contribution in [2.45, 2.75) is 57.7 Å². The Morgan fingerprint density at radius 2 is 2.14 bits per heavy atom. The zero-order chi connectivity index (χ0) is 14.7. The lowest BCUT2D eigenvalue weighted by atomic mass is 9.86. The van der Waals surface area contributed by atoms with E-state index in [4.69, 9.17) is 9.72 Å². The SMILES string of the molecule is CCC1(CC)CC(NCc2nc3ccccc3s2)CCO1. The number of nitrogens with zero attached hydrogens (tertiary/aromatic N) is 1. The Bertz CT molecular complexity index is 558. The first-order chi connectivity index (χ1) is 10.2. The molecule has 1 N–H and O–H groups in total. The summed E-state index contributed by atoms with van der Waals surface area (Å²) < 4.78 is 7.32. The monoisotopic (exact) mass is 304 g/mol. The van der Waals surface area contributed by atoms with Gasteiger partial charge in [-0.3, -0.25) is 0 Å². The molecule has 1 unspecified atom stereocenters. The number of fused-ring (bicyclic) bond motifs is 1. The summed E-state index contributed by atoms with van der Waals surface area (Å²) in [6.45, 7) is 6.21. The highest BCUT2D eigenvalue weighted by atomic mass is 32.1. The van der Waals surface area contributed by atoms with Gasteiger partial charge in [0.1, 0.15) is 5.01 Å². The minimum absolute atomic E-state index is 0.0868. The van der Waals surface area contributed by atoms with Crippen molar-refractivity contribution >= 4 is 21.6 Å². The number of benzene rings is 1. The molecule has 1 aromatic heterocycles. The van der Waals surface area contributed by atoms with Crippen LogP contribution < -0.4 is 5.32 Å². The normalized spacial score (nSPS) is 21.7. The van der Waals surface area contributed by atoms with Crippen LogP contribution in [0.3, 0.4) is 0 Å². The van der Waals surface area contributed by atoms with Crippen LogP contribution in [0, 0.1) is 0 Å². The zero-order valence-electron chi connectivity index (χ0n) is 12.9. The largest absolute Gasteiger partial charge is 0.375 e. The van der Waals surface area contributed by atoms with E-state index in [-0.39, 0.29) is 5.60 Å². The first-order valence-electron chi connectivity index (χ1n) is 7.96. The molecule has 1 aliphatic heterocycles. The smallest absolute Gasteiger partial charge is 0.108 e. The third-order valence-corrected chi connectivity index (χ3v) is 5.70. The van der Waals surface area contributed by atoms with Crippen LogP contribution in [0.1, 0.15) is 44.5 Å². The molecule has 1 aromatic carbocycles. The molecule has 0 radical (unpaired) electrons. The van der Waals surface area contributed by atoms with Crippen LogP contribution in [0.5, 0.6) is 0 Å². The van der Waals surface area contributed by atoms with Gasteiger partial charge in [0.15, 0.2) is 0 Å². The van der Waals surface area contributed by atoms with E-state index in [9.17, 15) is 0 Å². The van der Waals surface area contributed by atoms with Gasteiger partial charge in [-0.1, -0.05) is 26.0 Å². The molecule has 1 aliphatic rings. The molecule has 114 valence electrons. The first kappa shape index (κ1) is 14.9. The van der Waals surface area contributed by atoms with Crippen LogP contribution in [0.2, 0.25) is 0 Å². The van der Waals surface area contributed by atoms with Gasteiger partial charge in [0.25, 0.3) is 0 Å². The number of hydrogen-bond acceptors (Lipinski definition) is 4. The molecule has 1 saturated heterocycles. The fourth-order valence-corrected chi connectivity index (χ4v) is 4.09. The van der Waals surface area contributed by atoms with Crippen LogP contribution in [0.4, 0.5) is 0 Å². The molecular weight excluding hydrogens is 280 g/mol. The fourth-order valence-electron chi connectivity index (χ4n) is 3.17. The van der Waals surface area contributed by atoms with Gasteiger partial charge in [0.05, 0.1) is 15.8 Å².